The Hall–Kier alpha value is -0.680. The highest BCUT2D eigenvalue weighted by molar-refractivity contribution is 9.10. The van der Waals surface area contributed by atoms with Crippen LogP contribution in [0.15, 0.2) is 10.8 Å². The van der Waals surface area contributed by atoms with Gasteiger partial charge in [-0.15, -0.1) is 0 Å². The number of halogens is 2. The summed E-state index contributed by atoms with van der Waals surface area (Å²) in [5, 5.41) is 0.217. The summed E-state index contributed by atoms with van der Waals surface area (Å²) in [7, 11) is 1.27. The molecule has 4 nitrogen and oxygen atoms in total. The van der Waals surface area contributed by atoms with Gasteiger partial charge in [-0.25, -0.2) is 14.8 Å². The molecule has 0 bridgehead atoms. The lowest BCUT2D eigenvalue weighted by atomic mass is 10.5. The van der Waals surface area contributed by atoms with E-state index in [2.05, 4.69) is 30.6 Å². The van der Waals surface area contributed by atoms with Crippen molar-refractivity contribution in [2.75, 3.05) is 7.11 Å². The normalized spacial score (nSPS) is 9.58. The Bertz CT molecular complexity index is 318. The number of carbonyl (C=O) groups is 1. The molecule has 1 aromatic heterocycles. The van der Waals surface area contributed by atoms with Crippen LogP contribution in [0.25, 0.3) is 0 Å². The third-order valence-electron chi connectivity index (χ3n) is 1.08. The van der Waals surface area contributed by atoms with Crippen LogP contribution in [-0.2, 0) is 4.74 Å². The maximum Gasteiger partial charge on any atom is 0.359 e. The molecule has 0 aromatic carbocycles. The minimum absolute atomic E-state index is 0.113. The third kappa shape index (κ3) is 1.92. The Labute approximate surface area is 82.0 Å². The lowest BCUT2D eigenvalue weighted by Crippen LogP contribution is -2.06. The van der Waals surface area contributed by atoms with Crippen molar-refractivity contribution in [2.45, 2.75) is 0 Å². The molecule has 1 aromatic rings. The molecule has 0 saturated carbocycles. The summed E-state index contributed by atoms with van der Waals surface area (Å²) in [6.07, 6.45) is 1.28. The lowest BCUT2D eigenvalue weighted by Gasteiger charge is -1.99. The van der Waals surface area contributed by atoms with Gasteiger partial charge in [0.05, 0.1) is 13.3 Å². The van der Waals surface area contributed by atoms with Crippen LogP contribution in [0.5, 0.6) is 0 Å². The minimum Gasteiger partial charge on any atom is -0.464 e. The van der Waals surface area contributed by atoms with Crippen molar-refractivity contribution in [3.8, 4) is 0 Å². The number of methoxy groups -OCH3 is 1. The van der Waals surface area contributed by atoms with Crippen LogP contribution in [0, 0.1) is 0 Å². The summed E-state index contributed by atoms with van der Waals surface area (Å²) in [6, 6.07) is 0. The van der Waals surface area contributed by atoms with Gasteiger partial charge >= 0.3 is 5.97 Å². The maximum absolute atomic E-state index is 10.9. The molecule has 64 valence electrons. The van der Waals surface area contributed by atoms with Gasteiger partial charge in [-0.3, -0.25) is 0 Å². The van der Waals surface area contributed by atoms with E-state index < -0.39 is 5.97 Å². The van der Waals surface area contributed by atoms with Crippen molar-refractivity contribution >= 4 is 33.5 Å². The molecule has 0 N–H and O–H groups in total. The first-order valence-electron chi connectivity index (χ1n) is 2.91. The van der Waals surface area contributed by atoms with Crippen LogP contribution in [0.4, 0.5) is 0 Å². The lowest BCUT2D eigenvalue weighted by molar-refractivity contribution is 0.0592. The zero-order valence-electron chi connectivity index (χ0n) is 6.04. The van der Waals surface area contributed by atoms with Crippen molar-refractivity contribution in [2.24, 2.45) is 0 Å². The quantitative estimate of drug-likeness (QED) is 0.713. The molecule has 1 heterocycles. The maximum atomic E-state index is 10.9. The van der Waals surface area contributed by atoms with Crippen LogP contribution in [0.1, 0.15) is 10.5 Å². The number of ether oxygens (including phenoxy) is 1. The summed E-state index contributed by atoms with van der Waals surface area (Å²) >= 11 is 8.54. The van der Waals surface area contributed by atoms with Crippen LogP contribution in [0.2, 0.25) is 5.15 Å². The van der Waals surface area contributed by atoms with E-state index in [-0.39, 0.29) is 15.5 Å². The third-order valence-corrected chi connectivity index (χ3v) is 1.81. The van der Waals surface area contributed by atoms with Crippen LogP contribution in [0.3, 0.4) is 0 Å². The van der Waals surface area contributed by atoms with Gasteiger partial charge in [-0.2, -0.15) is 0 Å². The van der Waals surface area contributed by atoms with Gasteiger partial charge in [0.1, 0.15) is 9.76 Å². The number of hydrogen-bond donors (Lipinski definition) is 0. The van der Waals surface area contributed by atoms with E-state index in [4.69, 9.17) is 11.6 Å². The Morgan fingerprint density at radius 3 is 2.92 bits per heavy atom. The van der Waals surface area contributed by atoms with Crippen molar-refractivity contribution in [3.05, 3.63) is 21.6 Å². The summed E-state index contributed by atoms with van der Waals surface area (Å²) in [5.41, 5.74) is 0.113. The second-order valence-corrected chi connectivity index (χ2v) is 2.96. The van der Waals surface area contributed by atoms with Gasteiger partial charge in [0, 0.05) is 0 Å². The molecule has 0 saturated heterocycles. The summed E-state index contributed by atoms with van der Waals surface area (Å²) < 4.78 is 4.72. The predicted octanol–water partition coefficient (Wildman–Crippen LogP) is 1.68. The SMILES string of the molecule is COC(=O)c1ncc(Cl)nc1Br. The topological polar surface area (TPSA) is 52.1 Å². The molecule has 0 aliphatic carbocycles. The highest BCUT2D eigenvalue weighted by atomic mass is 79.9. The summed E-state index contributed by atoms with van der Waals surface area (Å²) in [4.78, 5) is 18.4. The first-order valence-corrected chi connectivity index (χ1v) is 4.08. The molecule has 12 heavy (non-hydrogen) atoms. The fourth-order valence-corrected chi connectivity index (χ4v) is 1.27. The second kappa shape index (κ2) is 3.82. The van der Waals surface area contributed by atoms with Crippen molar-refractivity contribution < 1.29 is 9.53 Å². The van der Waals surface area contributed by atoms with E-state index in [1.165, 1.54) is 13.3 Å². The highest BCUT2D eigenvalue weighted by Crippen LogP contribution is 2.14. The van der Waals surface area contributed by atoms with Gasteiger partial charge < -0.3 is 4.74 Å². The Morgan fingerprint density at radius 1 is 1.75 bits per heavy atom. The Balaban J connectivity index is 3.09. The largest absolute Gasteiger partial charge is 0.464 e. The van der Waals surface area contributed by atoms with E-state index in [1.54, 1.807) is 0 Å². The monoisotopic (exact) mass is 250 g/mol. The zero-order chi connectivity index (χ0) is 9.14. The zero-order valence-corrected chi connectivity index (χ0v) is 8.39. The summed E-state index contributed by atoms with van der Waals surface area (Å²) in [5.74, 6) is -0.550. The molecule has 0 unspecified atom stereocenters. The van der Waals surface area contributed by atoms with E-state index >= 15 is 0 Å². The van der Waals surface area contributed by atoms with Gasteiger partial charge in [-0.1, -0.05) is 11.6 Å². The molecule has 1 rings (SSSR count). The smallest absolute Gasteiger partial charge is 0.359 e. The first kappa shape index (κ1) is 9.41. The van der Waals surface area contributed by atoms with Crippen LogP contribution < -0.4 is 0 Å². The number of esters is 1. The molecule has 0 spiro atoms. The van der Waals surface area contributed by atoms with Crippen molar-refractivity contribution in [1.82, 2.24) is 9.97 Å². The predicted molar refractivity (Wildman–Crippen MR) is 46.1 cm³/mol. The van der Waals surface area contributed by atoms with E-state index in [0.29, 0.717) is 0 Å². The average molecular weight is 251 g/mol. The molecule has 0 fully saturated rings. The molecule has 0 amide bonds. The first-order chi connectivity index (χ1) is 5.65. The van der Waals surface area contributed by atoms with E-state index in [1.807, 2.05) is 0 Å². The van der Waals surface area contributed by atoms with Gasteiger partial charge in [0.25, 0.3) is 0 Å². The standard InChI is InChI=1S/C6H4BrClN2O2/c1-12-6(11)4-5(7)10-3(8)2-9-4/h2H,1H3. The molecule has 0 atom stereocenters. The Kier molecular flexibility index (Phi) is 2.99. The van der Waals surface area contributed by atoms with E-state index in [0.717, 1.165) is 0 Å². The second-order valence-electron chi connectivity index (χ2n) is 1.82. The minimum atomic E-state index is -0.550. The van der Waals surface area contributed by atoms with Crippen molar-refractivity contribution in [3.63, 3.8) is 0 Å². The van der Waals surface area contributed by atoms with Gasteiger partial charge in [-0.05, 0) is 15.9 Å². The molecular formula is C6H4BrClN2O2. The number of carbonyl (C=O) groups excluding carboxylic acids is 1. The molecular weight excluding hydrogens is 247 g/mol. The molecule has 0 aliphatic heterocycles. The Morgan fingerprint density at radius 2 is 2.42 bits per heavy atom. The van der Waals surface area contributed by atoms with Gasteiger partial charge in [0.2, 0.25) is 0 Å². The molecule has 0 aliphatic rings. The fourth-order valence-electron chi connectivity index (χ4n) is 0.580. The number of nitrogens with zero attached hydrogens (tertiary/aromatic N) is 2. The van der Waals surface area contributed by atoms with Gasteiger partial charge in [0.15, 0.2) is 5.69 Å². The van der Waals surface area contributed by atoms with Crippen LogP contribution in [-0.4, -0.2) is 23.0 Å². The number of rotatable bonds is 1. The van der Waals surface area contributed by atoms with E-state index in [9.17, 15) is 4.79 Å². The average Bonchev–Trinajstić information content (AvgIpc) is 2.03. The highest BCUT2D eigenvalue weighted by Gasteiger charge is 2.12. The molecule has 0 radical (unpaired) electrons. The molecule has 6 heteroatoms. The van der Waals surface area contributed by atoms with Crippen LogP contribution >= 0.6 is 27.5 Å². The van der Waals surface area contributed by atoms with Crippen molar-refractivity contribution in [1.29, 1.82) is 0 Å². The number of aromatic nitrogens is 2. The fraction of sp³-hybridized carbons (Fsp3) is 0.167. The summed E-state index contributed by atoms with van der Waals surface area (Å²) in [6.45, 7) is 0. The number of hydrogen-bond acceptors (Lipinski definition) is 4.